The van der Waals surface area contributed by atoms with E-state index in [1.54, 1.807) is 6.20 Å². The standard InChI is InChI=1S/C14H15N3O3S/c18-13(17-20-12-6-2-4-8-19-12)11-9-16-14(21-11)10-5-1-3-7-15-10/h1,3,5,7,9,12H,2,4,6,8H2,(H,17,18). The molecule has 1 atom stereocenters. The van der Waals surface area contributed by atoms with E-state index >= 15 is 0 Å². The summed E-state index contributed by atoms with van der Waals surface area (Å²) in [5.74, 6) is -0.316. The van der Waals surface area contributed by atoms with Crippen LogP contribution in [0.1, 0.15) is 28.9 Å². The summed E-state index contributed by atoms with van der Waals surface area (Å²) in [6, 6.07) is 5.57. The number of carbonyl (C=O) groups excluding carboxylic acids is 1. The smallest absolute Gasteiger partial charge is 0.286 e. The Bertz CT molecular complexity index is 597. The van der Waals surface area contributed by atoms with E-state index in [0.717, 1.165) is 25.0 Å². The third-order valence-corrected chi connectivity index (χ3v) is 4.05. The zero-order valence-electron chi connectivity index (χ0n) is 11.3. The molecule has 0 bridgehead atoms. The number of ether oxygens (including phenoxy) is 1. The zero-order valence-corrected chi connectivity index (χ0v) is 12.1. The molecule has 6 nitrogen and oxygen atoms in total. The van der Waals surface area contributed by atoms with Crippen LogP contribution in [0.15, 0.2) is 30.6 Å². The van der Waals surface area contributed by atoms with Crippen molar-refractivity contribution in [3.8, 4) is 10.7 Å². The Morgan fingerprint density at radius 2 is 2.33 bits per heavy atom. The predicted molar refractivity (Wildman–Crippen MR) is 77.5 cm³/mol. The molecule has 0 aromatic carbocycles. The molecule has 2 aromatic rings. The van der Waals surface area contributed by atoms with Crippen molar-refractivity contribution in [1.82, 2.24) is 15.4 Å². The molecular formula is C14H15N3O3S. The molecule has 3 heterocycles. The number of nitrogens with one attached hydrogen (secondary N) is 1. The van der Waals surface area contributed by atoms with Gasteiger partial charge in [-0.25, -0.2) is 15.3 Å². The molecule has 1 N–H and O–H groups in total. The quantitative estimate of drug-likeness (QED) is 0.878. The van der Waals surface area contributed by atoms with Crippen LogP contribution in [0.2, 0.25) is 0 Å². The fraction of sp³-hybridized carbons (Fsp3) is 0.357. The summed E-state index contributed by atoms with van der Waals surface area (Å²) in [7, 11) is 0. The molecule has 2 aromatic heterocycles. The van der Waals surface area contributed by atoms with Gasteiger partial charge in [0.05, 0.1) is 11.9 Å². The van der Waals surface area contributed by atoms with Crippen LogP contribution < -0.4 is 5.48 Å². The van der Waals surface area contributed by atoms with Gasteiger partial charge in [0.15, 0.2) is 6.29 Å². The Morgan fingerprint density at radius 3 is 3.10 bits per heavy atom. The Labute approximate surface area is 126 Å². The fourth-order valence-corrected chi connectivity index (χ4v) is 2.74. The van der Waals surface area contributed by atoms with Crippen LogP contribution in [-0.4, -0.2) is 28.8 Å². The molecule has 0 aliphatic carbocycles. The molecule has 3 rings (SSSR count). The number of nitrogens with zero attached hydrogens (tertiary/aromatic N) is 2. The second-order valence-corrected chi connectivity index (χ2v) is 5.62. The molecule has 110 valence electrons. The van der Waals surface area contributed by atoms with Gasteiger partial charge >= 0.3 is 0 Å². The Hall–Kier alpha value is -1.83. The van der Waals surface area contributed by atoms with E-state index in [-0.39, 0.29) is 12.2 Å². The molecule has 1 saturated heterocycles. The minimum Gasteiger partial charge on any atom is -0.350 e. The molecule has 0 radical (unpaired) electrons. The maximum Gasteiger partial charge on any atom is 0.286 e. The normalized spacial score (nSPS) is 18.4. The van der Waals surface area contributed by atoms with Crippen molar-refractivity contribution in [2.45, 2.75) is 25.6 Å². The van der Waals surface area contributed by atoms with Crippen LogP contribution in [0, 0.1) is 0 Å². The highest BCUT2D eigenvalue weighted by atomic mass is 32.1. The topological polar surface area (TPSA) is 73.3 Å². The van der Waals surface area contributed by atoms with Crippen LogP contribution in [0.5, 0.6) is 0 Å². The van der Waals surface area contributed by atoms with Gasteiger partial charge < -0.3 is 4.74 Å². The molecular weight excluding hydrogens is 290 g/mol. The summed E-state index contributed by atoms with van der Waals surface area (Å²) in [5, 5.41) is 0.703. The molecule has 21 heavy (non-hydrogen) atoms. The van der Waals surface area contributed by atoms with E-state index in [2.05, 4.69) is 15.4 Å². The molecule has 0 saturated carbocycles. The van der Waals surface area contributed by atoms with E-state index in [0.29, 0.717) is 16.5 Å². The van der Waals surface area contributed by atoms with Gasteiger partial charge in [-0.15, -0.1) is 11.3 Å². The molecule has 1 fully saturated rings. The Morgan fingerprint density at radius 1 is 1.38 bits per heavy atom. The monoisotopic (exact) mass is 305 g/mol. The summed E-state index contributed by atoms with van der Waals surface area (Å²) >= 11 is 1.27. The average Bonchev–Trinajstić information content (AvgIpc) is 3.04. The highest BCUT2D eigenvalue weighted by Gasteiger charge is 2.17. The summed E-state index contributed by atoms with van der Waals surface area (Å²) in [5.41, 5.74) is 3.17. The second kappa shape index (κ2) is 6.75. The molecule has 7 heteroatoms. The van der Waals surface area contributed by atoms with E-state index in [9.17, 15) is 4.79 Å². The number of amides is 1. The molecule has 0 spiro atoms. The first-order valence-corrected chi connectivity index (χ1v) is 7.59. The first kappa shape index (κ1) is 14.1. The number of pyridine rings is 1. The van der Waals surface area contributed by atoms with Gasteiger partial charge in [-0.3, -0.25) is 9.78 Å². The van der Waals surface area contributed by atoms with Crippen molar-refractivity contribution in [3.05, 3.63) is 35.5 Å². The third-order valence-electron chi connectivity index (χ3n) is 3.03. The molecule has 1 aliphatic rings. The number of hydrogen-bond donors (Lipinski definition) is 1. The lowest BCUT2D eigenvalue weighted by molar-refractivity contribution is -0.186. The summed E-state index contributed by atoms with van der Waals surface area (Å²) < 4.78 is 5.38. The van der Waals surface area contributed by atoms with Crippen LogP contribution in [0.3, 0.4) is 0 Å². The van der Waals surface area contributed by atoms with Gasteiger partial charge in [-0.2, -0.15) is 0 Å². The number of hydroxylamine groups is 1. The molecule has 1 aliphatic heterocycles. The van der Waals surface area contributed by atoms with E-state index in [1.807, 2.05) is 18.2 Å². The van der Waals surface area contributed by atoms with Crippen molar-refractivity contribution in [1.29, 1.82) is 0 Å². The van der Waals surface area contributed by atoms with Gasteiger partial charge in [0, 0.05) is 19.2 Å². The predicted octanol–water partition coefficient (Wildman–Crippen LogP) is 2.39. The van der Waals surface area contributed by atoms with E-state index in [1.165, 1.54) is 17.5 Å². The lowest BCUT2D eigenvalue weighted by Gasteiger charge is -2.21. The Kier molecular flexibility index (Phi) is 4.54. The van der Waals surface area contributed by atoms with Crippen molar-refractivity contribution >= 4 is 17.2 Å². The van der Waals surface area contributed by atoms with Gasteiger partial charge in [-0.1, -0.05) is 6.07 Å². The maximum absolute atomic E-state index is 12.0. The SMILES string of the molecule is O=C(NOC1CCCCO1)c1cnc(-c2ccccn2)s1. The van der Waals surface area contributed by atoms with Crippen molar-refractivity contribution in [2.75, 3.05) is 6.61 Å². The van der Waals surface area contributed by atoms with Gasteiger partial charge in [0.2, 0.25) is 0 Å². The van der Waals surface area contributed by atoms with Crippen LogP contribution in [-0.2, 0) is 9.57 Å². The third kappa shape index (κ3) is 3.63. The fourth-order valence-electron chi connectivity index (χ4n) is 1.96. The number of rotatable bonds is 4. The number of thiazole rings is 1. The summed E-state index contributed by atoms with van der Waals surface area (Å²) in [4.78, 5) is 26.1. The average molecular weight is 305 g/mol. The zero-order chi connectivity index (χ0) is 14.5. The largest absolute Gasteiger partial charge is 0.350 e. The van der Waals surface area contributed by atoms with Crippen molar-refractivity contribution in [3.63, 3.8) is 0 Å². The first-order chi connectivity index (χ1) is 10.3. The van der Waals surface area contributed by atoms with Crippen molar-refractivity contribution < 1.29 is 14.4 Å². The minimum atomic E-state index is -0.356. The summed E-state index contributed by atoms with van der Waals surface area (Å²) in [6.07, 6.45) is 5.74. The summed E-state index contributed by atoms with van der Waals surface area (Å²) in [6.45, 7) is 0.672. The van der Waals surface area contributed by atoms with Crippen molar-refractivity contribution in [2.24, 2.45) is 0 Å². The molecule has 1 unspecified atom stereocenters. The first-order valence-electron chi connectivity index (χ1n) is 6.78. The van der Waals surface area contributed by atoms with Gasteiger partial charge in [0.1, 0.15) is 9.88 Å². The highest BCUT2D eigenvalue weighted by molar-refractivity contribution is 7.16. The molecule has 1 amide bonds. The van der Waals surface area contributed by atoms with E-state index in [4.69, 9.17) is 9.57 Å². The van der Waals surface area contributed by atoms with E-state index < -0.39 is 0 Å². The second-order valence-electron chi connectivity index (χ2n) is 4.59. The number of carbonyl (C=O) groups is 1. The minimum absolute atomic E-state index is 0.316. The highest BCUT2D eigenvalue weighted by Crippen LogP contribution is 2.23. The number of hydrogen-bond acceptors (Lipinski definition) is 6. The van der Waals surface area contributed by atoms with Crippen LogP contribution in [0.25, 0.3) is 10.7 Å². The maximum atomic E-state index is 12.0. The lowest BCUT2D eigenvalue weighted by atomic mass is 10.2. The van der Waals surface area contributed by atoms with Gasteiger partial charge in [0.25, 0.3) is 5.91 Å². The number of aromatic nitrogens is 2. The van der Waals surface area contributed by atoms with Crippen LogP contribution in [0.4, 0.5) is 0 Å². The van der Waals surface area contributed by atoms with Crippen LogP contribution >= 0.6 is 11.3 Å². The lowest BCUT2D eigenvalue weighted by Crippen LogP contribution is -2.32. The van der Waals surface area contributed by atoms with Gasteiger partial charge in [-0.05, 0) is 25.0 Å². The Balaban J connectivity index is 1.59.